The lowest BCUT2D eigenvalue weighted by Gasteiger charge is -2.09. The summed E-state index contributed by atoms with van der Waals surface area (Å²) in [6, 6.07) is 6.25. The van der Waals surface area contributed by atoms with Crippen LogP contribution in [0.2, 0.25) is 0 Å². The lowest BCUT2D eigenvalue weighted by molar-refractivity contribution is 0.743. The van der Waals surface area contributed by atoms with E-state index in [1.807, 2.05) is 24.5 Å². The van der Waals surface area contributed by atoms with Crippen LogP contribution in [0.3, 0.4) is 0 Å². The molecule has 3 nitrogen and oxygen atoms in total. The van der Waals surface area contributed by atoms with Crippen molar-refractivity contribution in [1.29, 1.82) is 0 Å². The van der Waals surface area contributed by atoms with Gasteiger partial charge in [-0.1, -0.05) is 0 Å². The van der Waals surface area contributed by atoms with E-state index in [0.717, 1.165) is 6.54 Å². The van der Waals surface area contributed by atoms with Crippen LogP contribution in [-0.2, 0) is 13.1 Å². The van der Waals surface area contributed by atoms with Crippen molar-refractivity contribution in [2.75, 3.05) is 0 Å². The monoisotopic (exact) mass is 215 g/mol. The molecule has 0 saturated carbocycles. The fraction of sp³-hybridized carbons (Fsp3) is 0.308. The summed E-state index contributed by atoms with van der Waals surface area (Å²) in [7, 11) is 0. The van der Waals surface area contributed by atoms with Crippen molar-refractivity contribution in [2.24, 2.45) is 5.73 Å². The van der Waals surface area contributed by atoms with Crippen molar-refractivity contribution in [3.05, 3.63) is 53.1 Å². The SMILES string of the molecule is Cc1cc(CN)c(C)n1Cc1ccncc1. The summed E-state index contributed by atoms with van der Waals surface area (Å²) in [6.07, 6.45) is 3.65. The molecule has 2 aromatic rings. The topological polar surface area (TPSA) is 43.8 Å². The van der Waals surface area contributed by atoms with Gasteiger partial charge >= 0.3 is 0 Å². The van der Waals surface area contributed by atoms with Crippen molar-refractivity contribution in [3.8, 4) is 0 Å². The zero-order valence-electron chi connectivity index (χ0n) is 9.77. The Morgan fingerprint density at radius 1 is 1.25 bits per heavy atom. The Morgan fingerprint density at radius 2 is 1.94 bits per heavy atom. The number of hydrogen-bond donors (Lipinski definition) is 1. The second-order valence-electron chi connectivity index (χ2n) is 4.04. The van der Waals surface area contributed by atoms with Gasteiger partial charge in [0.05, 0.1) is 0 Å². The molecule has 0 atom stereocenters. The van der Waals surface area contributed by atoms with Gasteiger partial charge < -0.3 is 10.3 Å². The minimum absolute atomic E-state index is 0.607. The molecule has 0 saturated heterocycles. The van der Waals surface area contributed by atoms with E-state index in [2.05, 4.69) is 29.5 Å². The predicted octanol–water partition coefficient (Wildman–Crippen LogP) is 2.01. The average Bonchev–Trinajstić information content (AvgIpc) is 2.58. The minimum Gasteiger partial charge on any atom is -0.344 e. The van der Waals surface area contributed by atoms with Crippen LogP contribution in [0.4, 0.5) is 0 Å². The maximum Gasteiger partial charge on any atom is 0.0476 e. The number of nitrogens with two attached hydrogens (primary N) is 1. The quantitative estimate of drug-likeness (QED) is 0.851. The van der Waals surface area contributed by atoms with E-state index in [4.69, 9.17) is 5.73 Å². The van der Waals surface area contributed by atoms with Crippen LogP contribution in [0.25, 0.3) is 0 Å². The van der Waals surface area contributed by atoms with Crippen LogP contribution < -0.4 is 5.73 Å². The Bertz CT molecular complexity index is 471. The third kappa shape index (κ3) is 1.99. The summed E-state index contributed by atoms with van der Waals surface area (Å²) >= 11 is 0. The summed E-state index contributed by atoms with van der Waals surface area (Å²) in [5, 5.41) is 0. The Kier molecular flexibility index (Phi) is 3.06. The molecule has 2 rings (SSSR count). The van der Waals surface area contributed by atoms with Gasteiger partial charge in [-0.3, -0.25) is 4.98 Å². The highest BCUT2D eigenvalue weighted by molar-refractivity contribution is 5.28. The highest BCUT2D eigenvalue weighted by Gasteiger charge is 2.07. The third-order valence-electron chi connectivity index (χ3n) is 2.99. The van der Waals surface area contributed by atoms with Crippen LogP contribution in [0.1, 0.15) is 22.5 Å². The van der Waals surface area contributed by atoms with Crippen LogP contribution in [0, 0.1) is 13.8 Å². The first-order valence-corrected chi connectivity index (χ1v) is 5.47. The molecule has 84 valence electrons. The zero-order chi connectivity index (χ0) is 11.5. The van der Waals surface area contributed by atoms with Crippen molar-refractivity contribution >= 4 is 0 Å². The van der Waals surface area contributed by atoms with Gasteiger partial charge in [0.15, 0.2) is 0 Å². The molecule has 3 heteroatoms. The van der Waals surface area contributed by atoms with Gasteiger partial charge in [-0.05, 0) is 43.2 Å². The molecule has 0 aliphatic heterocycles. The number of aromatic nitrogens is 2. The van der Waals surface area contributed by atoms with E-state index in [-0.39, 0.29) is 0 Å². The van der Waals surface area contributed by atoms with E-state index in [0.29, 0.717) is 6.54 Å². The Hall–Kier alpha value is -1.61. The van der Waals surface area contributed by atoms with Gasteiger partial charge in [-0.2, -0.15) is 0 Å². The molecule has 0 aromatic carbocycles. The third-order valence-corrected chi connectivity index (χ3v) is 2.99. The maximum absolute atomic E-state index is 5.70. The molecule has 0 amide bonds. The average molecular weight is 215 g/mol. The van der Waals surface area contributed by atoms with E-state index < -0.39 is 0 Å². The smallest absolute Gasteiger partial charge is 0.0476 e. The fourth-order valence-electron chi connectivity index (χ4n) is 1.99. The molecule has 0 radical (unpaired) electrons. The largest absolute Gasteiger partial charge is 0.344 e. The predicted molar refractivity (Wildman–Crippen MR) is 65.1 cm³/mol. The number of rotatable bonds is 3. The lowest BCUT2D eigenvalue weighted by atomic mass is 10.2. The Morgan fingerprint density at radius 3 is 2.50 bits per heavy atom. The first kappa shape index (κ1) is 10.9. The maximum atomic E-state index is 5.70. The van der Waals surface area contributed by atoms with Crippen LogP contribution >= 0.6 is 0 Å². The van der Waals surface area contributed by atoms with Gasteiger partial charge in [0.1, 0.15) is 0 Å². The zero-order valence-corrected chi connectivity index (χ0v) is 9.77. The van der Waals surface area contributed by atoms with Gasteiger partial charge in [0.25, 0.3) is 0 Å². The summed E-state index contributed by atoms with van der Waals surface area (Å²) in [5.41, 5.74) is 10.7. The van der Waals surface area contributed by atoms with Gasteiger partial charge in [0.2, 0.25) is 0 Å². The molecule has 0 fully saturated rings. The summed E-state index contributed by atoms with van der Waals surface area (Å²) < 4.78 is 2.29. The molecular weight excluding hydrogens is 198 g/mol. The van der Waals surface area contributed by atoms with Crippen molar-refractivity contribution in [3.63, 3.8) is 0 Å². The van der Waals surface area contributed by atoms with E-state index in [1.54, 1.807) is 0 Å². The van der Waals surface area contributed by atoms with Crippen LogP contribution in [0.15, 0.2) is 30.6 Å². The van der Waals surface area contributed by atoms with Gasteiger partial charge in [-0.15, -0.1) is 0 Å². The minimum atomic E-state index is 0.607. The highest BCUT2D eigenvalue weighted by Crippen LogP contribution is 2.16. The standard InChI is InChI=1S/C13H17N3/c1-10-7-13(8-14)11(2)16(10)9-12-3-5-15-6-4-12/h3-7H,8-9,14H2,1-2H3. The molecule has 0 aliphatic carbocycles. The molecule has 0 spiro atoms. The molecule has 0 unspecified atom stereocenters. The van der Waals surface area contributed by atoms with E-state index >= 15 is 0 Å². The first-order valence-electron chi connectivity index (χ1n) is 5.47. The highest BCUT2D eigenvalue weighted by atomic mass is 15.0. The second kappa shape index (κ2) is 4.49. The van der Waals surface area contributed by atoms with Gasteiger partial charge in [-0.25, -0.2) is 0 Å². The van der Waals surface area contributed by atoms with E-state index in [9.17, 15) is 0 Å². The molecule has 16 heavy (non-hydrogen) atoms. The molecule has 2 heterocycles. The van der Waals surface area contributed by atoms with Crippen molar-refractivity contribution in [2.45, 2.75) is 26.9 Å². The van der Waals surface area contributed by atoms with Crippen LogP contribution in [-0.4, -0.2) is 9.55 Å². The summed E-state index contributed by atoms with van der Waals surface area (Å²) in [6.45, 7) is 5.74. The Labute approximate surface area is 95.9 Å². The Balaban J connectivity index is 2.31. The molecule has 0 aliphatic rings. The molecule has 2 aromatic heterocycles. The second-order valence-corrected chi connectivity index (χ2v) is 4.04. The van der Waals surface area contributed by atoms with E-state index in [1.165, 1.54) is 22.5 Å². The fourth-order valence-corrected chi connectivity index (χ4v) is 1.99. The first-order chi connectivity index (χ1) is 7.72. The molecule has 2 N–H and O–H groups in total. The summed E-state index contributed by atoms with van der Waals surface area (Å²) in [5.74, 6) is 0. The molecule has 0 bridgehead atoms. The normalized spacial score (nSPS) is 10.7. The van der Waals surface area contributed by atoms with Crippen molar-refractivity contribution < 1.29 is 0 Å². The summed E-state index contributed by atoms with van der Waals surface area (Å²) in [4.78, 5) is 4.02. The number of pyridine rings is 1. The number of hydrogen-bond acceptors (Lipinski definition) is 2. The lowest BCUT2D eigenvalue weighted by Crippen LogP contribution is -2.05. The van der Waals surface area contributed by atoms with Crippen molar-refractivity contribution in [1.82, 2.24) is 9.55 Å². The number of nitrogens with zero attached hydrogens (tertiary/aromatic N) is 2. The number of aryl methyl sites for hydroxylation is 1. The van der Waals surface area contributed by atoms with Crippen LogP contribution in [0.5, 0.6) is 0 Å². The van der Waals surface area contributed by atoms with Gasteiger partial charge in [0, 0.05) is 36.9 Å². The molecular formula is C13H17N3.